The Morgan fingerprint density at radius 3 is 1.89 bits per heavy atom. The van der Waals surface area contributed by atoms with Crippen LogP contribution < -0.4 is 0 Å². The Balaban J connectivity index is 3.62. The Morgan fingerprint density at radius 2 is 1.78 bits per heavy atom. The van der Waals surface area contributed by atoms with Crippen LogP contribution in [0.2, 0.25) is 0 Å². The molecular formula is C6H14O2S. The van der Waals surface area contributed by atoms with Crippen molar-refractivity contribution < 1.29 is 10.2 Å². The van der Waals surface area contributed by atoms with Crippen LogP contribution in [0.4, 0.5) is 0 Å². The van der Waals surface area contributed by atoms with E-state index in [1.807, 2.05) is 6.92 Å². The fourth-order valence-corrected chi connectivity index (χ4v) is 1.02. The molecule has 0 aromatic heterocycles. The van der Waals surface area contributed by atoms with Gasteiger partial charge in [-0.3, -0.25) is 0 Å². The molecule has 0 saturated carbocycles. The summed E-state index contributed by atoms with van der Waals surface area (Å²) in [6, 6.07) is 0. The summed E-state index contributed by atoms with van der Waals surface area (Å²) in [5.74, 6) is 0.706. The molecule has 0 aromatic carbocycles. The fraction of sp³-hybridized carbons (Fsp3) is 1.00. The van der Waals surface area contributed by atoms with Gasteiger partial charge in [-0.1, -0.05) is 6.92 Å². The van der Waals surface area contributed by atoms with E-state index in [2.05, 4.69) is 12.6 Å². The summed E-state index contributed by atoms with van der Waals surface area (Å²) in [5, 5.41) is 17.4. The van der Waals surface area contributed by atoms with Crippen molar-refractivity contribution in [1.82, 2.24) is 0 Å². The van der Waals surface area contributed by atoms with E-state index in [0.717, 1.165) is 6.42 Å². The minimum absolute atomic E-state index is 0.0318. The van der Waals surface area contributed by atoms with Crippen molar-refractivity contribution in [3.8, 4) is 0 Å². The fourth-order valence-electron chi connectivity index (χ4n) is 0.478. The van der Waals surface area contributed by atoms with Gasteiger partial charge in [0.1, 0.15) is 0 Å². The zero-order chi connectivity index (χ0) is 7.33. The standard InChI is InChI=1S/C6H14O2S/c1-6(4-7,5-8)2-3-9/h7-9H,2-5H2,1H3. The van der Waals surface area contributed by atoms with E-state index >= 15 is 0 Å². The number of thiol groups is 1. The number of aliphatic hydroxyl groups excluding tert-OH is 2. The average Bonchev–Trinajstić information content (AvgIpc) is 1.89. The topological polar surface area (TPSA) is 40.5 Å². The highest BCUT2D eigenvalue weighted by Crippen LogP contribution is 2.19. The molecule has 2 N–H and O–H groups in total. The van der Waals surface area contributed by atoms with E-state index < -0.39 is 0 Å². The summed E-state index contributed by atoms with van der Waals surface area (Å²) in [4.78, 5) is 0. The van der Waals surface area contributed by atoms with E-state index in [1.54, 1.807) is 0 Å². The third kappa shape index (κ3) is 3.08. The van der Waals surface area contributed by atoms with Crippen molar-refractivity contribution in [2.75, 3.05) is 19.0 Å². The highest BCUT2D eigenvalue weighted by atomic mass is 32.1. The van der Waals surface area contributed by atoms with Crippen molar-refractivity contribution in [2.45, 2.75) is 13.3 Å². The van der Waals surface area contributed by atoms with Crippen molar-refractivity contribution in [1.29, 1.82) is 0 Å². The van der Waals surface area contributed by atoms with Crippen LogP contribution in [0.1, 0.15) is 13.3 Å². The van der Waals surface area contributed by atoms with Gasteiger partial charge in [-0.2, -0.15) is 12.6 Å². The molecule has 0 atom stereocenters. The second-order valence-electron chi connectivity index (χ2n) is 2.60. The molecule has 0 fully saturated rings. The summed E-state index contributed by atoms with van der Waals surface area (Å²) in [6.45, 7) is 1.90. The zero-order valence-electron chi connectivity index (χ0n) is 5.67. The van der Waals surface area contributed by atoms with Gasteiger partial charge < -0.3 is 10.2 Å². The molecule has 0 saturated heterocycles. The normalized spacial score (nSPS) is 12.0. The summed E-state index contributed by atoms with van der Waals surface area (Å²) in [7, 11) is 0. The summed E-state index contributed by atoms with van der Waals surface area (Å²) < 4.78 is 0. The molecule has 3 heteroatoms. The molecule has 0 unspecified atom stereocenters. The summed E-state index contributed by atoms with van der Waals surface area (Å²) >= 11 is 4.00. The Kier molecular flexibility index (Phi) is 4.27. The SMILES string of the molecule is CC(CO)(CO)CCS. The molecule has 0 radical (unpaired) electrons. The summed E-state index contributed by atoms with van der Waals surface area (Å²) in [6.07, 6.45) is 0.753. The quantitative estimate of drug-likeness (QED) is 0.504. The van der Waals surface area contributed by atoms with Gasteiger partial charge in [-0.05, 0) is 12.2 Å². The van der Waals surface area contributed by atoms with Gasteiger partial charge in [0.25, 0.3) is 0 Å². The van der Waals surface area contributed by atoms with Gasteiger partial charge in [0.05, 0.1) is 13.2 Å². The molecule has 56 valence electrons. The van der Waals surface area contributed by atoms with Crippen LogP contribution in [0, 0.1) is 5.41 Å². The molecule has 0 rings (SSSR count). The highest BCUT2D eigenvalue weighted by molar-refractivity contribution is 7.80. The predicted molar refractivity (Wildman–Crippen MR) is 40.7 cm³/mol. The molecule has 9 heavy (non-hydrogen) atoms. The Bertz CT molecular complexity index is 71.5. The van der Waals surface area contributed by atoms with Crippen LogP contribution in [-0.2, 0) is 0 Å². The second-order valence-corrected chi connectivity index (χ2v) is 3.05. The van der Waals surface area contributed by atoms with Gasteiger partial charge in [0, 0.05) is 5.41 Å². The lowest BCUT2D eigenvalue weighted by Gasteiger charge is -2.22. The van der Waals surface area contributed by atoms with Crippen LogP contribution in [0.25, 0.3) is 0 Å². The lowest BCUT2D eigenvalue weighted by molar-refractivity contribution is 0.0681. The predicted octanol–water partition coefficient (Wildman–Crippen LogP) is 0.297. The number of hydrogen-bond donors (Lipinski definition) is 3. The van der Waals surface area contributed by atoms with Crippen molar-refractivity contribution in [3.63, 3.8) is 0 Å². The van der Waals surface area contributed by atoms with E-state index in [-0.39, 0.29) is 18.6 Å². The number of hydrogen-bond acceptors (Lipinski definition) is 3. The van der Waals surface area contributed by atoms with Crippen LogP contribution >= 0.6 is 12.6 Å². The van der Waals surface area contributed by atoms with Crippen LogP contribution in [0.15, 0.2) is 0 Å². The summed E-state index contributed by atoms with van der Waals surface area (Å²) in [5.41, 5.74) is -0.332. The highest BCUT2D eigenvalue weighted by Gasteiger charge is 2.20. The van der Waals surface area contributed by atoms with Gasteiger partial charge in [0.15, 0.2) is 0 Å². The molecule has 2 nitrogen and oxygen atoms in total. The van der Waals surface area contributed by atoms with E-state index in [0.29, 0.717) is 5.75 Å². The van der Waals surface area contributed by atoms with Crippen molar-refractivity contribution in [2.24, 2.45) is 5.41 Å². The minimum atomic E-state index is -0.332. The third-order valence-electron chi connectivity index (χ3n) is 1.48. The molecule has 0 aromatic rings. The van der Waals surface area contributed by atoms with Crippen LogP contribution in [0.3, 0.4) is 0 Å². The Hall–Kier alpha value is 0.270. The lowest BCUT2D eigenvalue weighted by atomic mass is 9.90. The van der Waals surface area contributed by atoms with E-state index in [4.69, 9.17) is 10.2 Å². The first-order chi connectivity index (χ1) is 4.18. The number of aliphatic hydroxyl groups is 2. The van der Waals surface area contributed by atoms with Crippen LogP contribution in [-0.4, -0.2) is 29.2 Å². The maximum Gasteiger partial charge on any atom is 0.0507 e. The first kappa shape index (κ1) is 9.27. The molecule has 0 heterocycles. The van der Waals surface area contributed by atoms with Gasteiger partial charge in [-0.15, -0.1) is 0 Å². The lowest BCUT2D eigenvalue weighted by Crippen LogP contribution is -2.26. The second kappa shape index (κ2) is 4.14. The molecule has 0 aliphatic rings. The van der Waals surface area contributed by atoms with Gasteiger partial charge in [-0.25, -0.2) is 0 Å². The maximum absolute atomic E-state index is 8.72. The molecular weight excluding hydrogens is 136 g/mol. The monoisotopic (exact) mass is 150 g/mol. The average molecular weight is 150 g/mol. The van der Waals surface area contributed by atoms with Crippen molar-refractivity contribution >= 4 is 12.6 Å². The van der Waals surface area contributed by atoms with E-state index in [1.165, 1.54) is 0 Å². The Morgan fingerprint density at radius 1 is 1.33 bits per heavy atom. The van der Waals surface area contributed by atoms with Crippen LogP contribution in [0.5, 0.6) is 0 Å². The third-order valence-corrected chi connectivity index (χ3v) is 1.70. The first-order valence-corrected chi connectivity index (χ1v) is 3.64. The molecule has 0 aliphatic carbocycles. The Labute approximate surface area is 61.3 Å². The zero-order valence-corrected chi connectivity index (χ0v) is 6.56. The first-order valence-electron chi connectivity index (χ1n) is 3.01. The smallest absolute Gasteiger partial charge is 0.0507 e. The minimum Gasteiger partial charge on any atom is -0.396 e. The number of rotatable bonds is 4. The maximum atomic E-state index is 8.72. The van der Waals surface area contributed by atoms with Gasteiger partial charge in [0.2, 0.25) is 0 Å². The van der Waals surface area contributed by atoms with Gasteiger partial charge >= 0.3 is 0 Å². The molecule has 0 amide bonds. The van der Waals surface area contributed by atoms with Crippen molar-refractivity contribution in [3.05, 3.63) is 0 Å². The van der Waals surface area contributed by atoms with E-state index in [9.17, 15) is 0 Å². The molecule has 0 aliphatic heterocycles. The largest absolute Gasteiger partial charge is 0.396 e. The molecule has 0 bridgehead atoms. The molecule has 0 spiro atoms.